The number of para-hydroxylation sites is 2. The van der Waals surface area contributed by atoms with Gasteiger partial charge in [-0.2, -0.15) is 0 Å². The molecular weight excluding hydrogens is 570 g/mol. The molecule has 0 radical (unpaired) electrons. The second-order valence-electron chi connectivity index (χ2n) is 8.98. The van der Waals surface area contributed by atoms with Gasteiger partial charge >= 0.3 is 0 Å². The van der Waals surface area contributed by atoms with Crippen molar-refractivity contribution in [3.63, 3.8) is 0 Å². The van der Waals surface area contributed by atoms with E-state index < -0.39 is 28.5 Å². The molecule has 0 aliphatic heterocycles. The van der Waals surface area contributed by atoms with Crippen molar-refractivity contribution in [2.75, 3.05) is 18.0 Å². The number of amides is 2. The van der Waals surface area contributed by atoms with Gasteiger partial charge in [0, 0.05) is 17.1 Å². The number of ether oxygens (including phenoxy) is 1. The van der Waals surface area contributed by atoms with Gasteiger partial charge in [-0.15, -0.1) is 0 Å². The maximum absolute atomic E-state index is 13.9. The minimum atomic E-state index is -4.16. The summed E-state index contributed by atoms with van der Waals surface area (Å²) in [5.41, 5.74) is 1.01. The highest BCUT2D eigenvalue weighted by Crippen LogP contribution is 2.32. The molecule has 3 rings (SSSR count). The first-order valence-corrected chi connectivity index (χ1v) is 14.3. The first-order chi connectivity index (χ1) is 18.0. The van der Waals surface area contributed by atoms with Crippen molar-refractivity contribution in [3.05, 3.63) is 88.9 Å². The van der Waals surface area contributed by atoms with Gasteiger partial charge in [0.1, 0.15) is 18.3 Å². The Balaban J connectivity index is 2.05. The maximum Gasteiger partial charge on any atom is 0.264 e. The van der Waals surface area contributed by atoms with Crippen molar-refractivity contribution >= 4 is 43.5 Å². The van der Waals surface area contributed by atoms with Crippen LogP contribution in [0.25, 0.3) is 0 Å². The van der Waals surface area contributed by atoms with E-state index >= 15 is 0 Å². The van der Waals surface area contributed by atoms with Gasteiger partial charge < -0.3 is 15.0 Å². The predicted octanol–water partition coefficient (Wildman–Crippen LogP) is 4.59. The molecule has 1 N–H and O–H groups in total. The van der Waals surface area contributed by atoms with E-state index in [0.29, 0.717) is 5.75 Å². The molecule has 10 heteroatoms. The second kappa shape index (κ2) is 12.9. The Hall–Kier alpha value is -3.37. The van der Waals surface area contributed by atoms with Gasteiger partial charge in [-0.05, 0) is 62.7 Å². The van der Waals surface area contributed by atoms with Crippen LogP contribution in [0, 0.1) is 0 Å². The van der Waals surface area contributed by atoms with Crippen molar-refractivity contribution in [1.29, 1.82) is 0 Å². The Kier molecular flexibility index (Phi) is 9.93. The highest BCUT2D eigenvalue weighted by Gasteiger charge is 2.33. The average Bonchev–Trinajstić information content (AvgIpc) is 2.90. The number of anilines is 1. The zero-order chi connectivity index (χ0) is 27.9. The molecule has 0 aromatic heterocycles. The van der Waals surface area contributed by atoms with E-state index in [9.17, 15) is 18.0 Å². The number of methoxy groups -OCH3 is 1. The molecule has 202 valence electrons. The average molecular weight is 603 g/mol. The van der Waals surface area contributed by atoms with Crippen LogP contribution in [0.5, 0.6) is 5.75 Å². The molecule has 0 aliphatic carbocycles. The Morgan fingerprint density at radius 2 is 1.53 bits per heavy atom. The number of benzene rings is 3. The SMILES string of the molecule is COc1ccccc1N(CC(=O)N(Cc1ccc(Br)cc1)[C@@H](C)C(=O)NC(C)C)S(=O)(=O)c1ccccc1. The van der Waals surface area contributed by atoms with E-state index in [-0.39, 0.29) is 29.1 Å². The van der Waals surface area contributed by atoms with Gasteiger partial charge in [0.15, 0.2) is 0 Å². The molecule has 0 saturated heterocycles. The van der Waals surface area contributed by atoms with Crippen LogP contribution in [0.15, 0.2) is 88.2 Å². The summed E-state index contributed by atoms with van der Waals surface area (Å²) < 4.78 is 35.0. The molecular formula is C28H32BrN3O5S. The summed E-state index contributed by atoms with van der Waals surface area (Å²) in [5, 5.41) is 2.84. The number of nitrogens with one attached hydrogen (secondary N) is 1. The van der Waals surface area contributed by atoms with Crippen molar-refractivity contribution in [2.45, 2.75) is 44.3 Å². The number of sulfonamides is 1. The number of rotatable bonds is 11. The van der Waals surface area contributed by atoms with Crippen molar-refractivity contribution in [1.82, 2.24) is 10.2 Å². The number of carbonyl (C=O) groups is 2. The molecule has 0 unspecified atom stereocenters. The van der Waals surface area contributed by atoms with Gasteiger partial charge in [0.05, 0.1) is 17.7 Å². The number of nitrogens with zero attached hydrogens (tertiary/aromatic N) is 2. The second-order valence-corrected chi connectivity index (χ2v) is 11.8. The Labute approximate surface area is 232 Å². The normalized spacial score (nSPS) is 12.1. The molecule has 0 heterocycles. The number of hydrogen-bond acceptors (Lipinski definition) is 5. The van der Waals surface area contributed by atoms with Crippen LogP contribution < -0.4 is 14.4 Å². The zero-order valence-electron chi connectivity index (χ0n) is 21.8. The summed E-state index contributed by atoms with van der Waals surface area (Å²) in [5.74, 6) is -0.574. The van der Waals surface area contributed by atoms with Crippen LogP contribution >= 0.6 is 15.9 Å². The molecule has 0 aliphatic rings. The first-order valence-electron chi connectivity index (χ1n) is 12.1. The Morgan fingerprint density at radius 3 is 2.13 bits per heavy atom. The Morgan fingerprint density at radius 1 is 0.921 bits per heavy atom. The number of hydrogen-bond donors (Lipinski definition) is 1. The summed E-state index contributed by atoms with van der Waals surface area (Å²) in [7, 11) is -2.72. The van der Waals surface area contributed by atoms with E-state index in [0.717, 1.165) is 14.3 Å². The highest BCUT2D eigenvalue weighted by molar-refractivity contribution is 9.10. The molecule has 2 amide bonds. The van der Waals surface area contributed by atoms with Crippen molar-refractivity contribution < 1.29 is 22.7 Å². The van der Waals surface area contributed by atoms with Gasteiger partial charge in [0.25, 0.3) is 10.0 Å². The molecule has 8 nitrogen and oxygen atoms in total. The van der Waals surface area contributed by atoms with Crippen LogP contribution in [0.1, 0.15) is 26.3 Å². The molecule has 3 aromatic carbocycles. The minimum Gasteiger partial charge on any atom is -0.495 e. The smallest absolute Gasteiger partial charge is 0.264 e. The lowest BCUT2D eigenvalue weighted by atomic mass is 10.1. The summed E-state index contributed by atoms with van der Waals surface area (Å²) >= 11 is 3.41. The molecule has 1 atom stereocenters. The van der Waals surface area contributed by atoms with E-state index in [1.807, 2.05) is 38.1 Å². The van der Waals surface area contributed by atoms with Gasteiger partial charge in [-0.3, -0.25) is 13.9 Å². The summed E-state index contributed by atoms with van der Waals surface area (Å²) in [6, 6.07) is 20.9. The lowest BCUT2D eigenvalue weighted by Crippen LogP contribution is -2.52. The van der Waals surface area contributed by atoms with Crippen LogP contribution in [0.4, 0.5) is 5.69 Å². The van der Waals surface area contributed by atoms with Crippen LogP contribution in [0.2, 0.25) is 0 Å². The van der Waals surface area contributed by atoms with E-state index in [1.54, 1.807) is 49.4 Å². The monoisotopic (exact) mass is 601 g/mol. The van der Waals surface area contributed by atoms with Gasteiger partial charge in [0.2, 0.25) is 11.8 Å². The molecule has 0 bridgehead atoms. The third kappa shape index (κ3) is 7.14. The predicted molar refractivity (Wildman–Crippen MR) is 151 cm³/mol. The van der Waals surface area contributed by atoms with E-state index in [2.05, 4.69) is 21.2 Å². The third-order valence-electron chi connectivity index (χ3n) is 5.83. The molecule has 0 spiro atoms. The Bertz CT molecular complexity index is 1350. The van der Waals surface area contributed by atoms with Crippen LogP contribution in [-0.4, -0.2) is 50.9 Å². The van der Waals surface area contributed by atoms with Crippen LogP contribution in [0.3, 0.4) is 0 Å². The zero-order valence-corrected chi connectivity index (χ0v) is 24.2. The largest absolute Gasteiger partial charge is 0.495 e. The number of carbonyl (C=O) groups excluding carboxylic acids is 2. The quantitative estimate of drug-likeness (QED) is 0.347. The minimum absolute atomic E-state index is 0.0313. The fourth-order valence-electron chi connectivity index (χ4n) is 3.84. The topological polar surface area (TPSA) is 96.0 Å². The van der Waals surface area contributed by atoms with Gasteiger partial charge in [-0.1, -0.05) is 58.4 Å². The van der Waals surface area contributed by atoms with Crippen molar-refractivity contribution in [3.8, 4) is 5.75 Å². The lowest BCUT2D eigenvalue weighted by Gasteiger charge is -2.32. The standard InChI is InChI=1S/C28H32BrN3O5S/c1-20(2)30-28(34)21(3)31(18-22-14-16-23(29)17-15-22)27(33)19-32(25-12-8-9-13-26(25)37-4)38(35,36)24-10-6-5-7-11-24/h5-17,20-21H,18-19H2,1-4H3,(H,30,34)/t21-/m0/s1. The lowest BCUT2D eigenvalue weighted by molar-refractivity contribution is -0.139. The fourth-order valence-corrected chi connectivity index (χ4v) is 5.55. The van der Waals surface area contributed by atoms with E-state index in [1.165, 1.54) is 24.1 Å². The molecule has 3 aromatic rings. The van der Waals surface area contributed by atoms with E-state index in [4.69, 9.17) is 4.74 Å². The summed E-state index contributed by atoms with van der Waals surface area (Å²) in [4.78, 5) is 28.3. The highest BCUT2D eigenvalue weighted by atomic mass is 79.9. The molecule has 0 fully saturated rings. The first kappa shape index (κ1) is 29.2. The molecule has 38 heavy (non-hydrogen) atoms. The molecule has 0 saturated carbocycles. The number of halogens is 1. The van der Waals surface area contributed by atoms with Crippen LogP contribution in [-0.2, 0) is 26.2 Å². The van der Waals surface area contributed by atoms with Gasteiger partial charge in [-0.25, -0.2) is 8.42 Å². The third-order valence-corrected chi connectivity index (χ3v) is 8.13. The summed E-state index contributed by atoms with van der Waals surface area (Å²) in [6.45, 7) is 4.88. The maximum atomic E-state index is 13.9. The summed E-state index contributed by atoms with van der Waals surface area (Å²) in [6.07, 6.45) is 0. The van der Waals surface area contributed by atoms with Crippen molar-refractivity contribution in [2.24, 2.45) is 0 Å². The fraction of sp³-hybridized carbons (Fsp3) is 0.286.